The van der Waals surface area contributed by atoms with Gasteiger partial charge in [-0.2, -0.15) is 0 Å². The first-order valence-corrected chi connectivity index (χ1v) is 5.37. The lowest BCUT2D eigenvalue weighted by molar-refractivity contribution is 0.263. The summed E-state index contributed by atoms with van der Waals surface area (Å²) in [6, 6.07) is 8.88. The Morgan fingerprint density at radius 3 is 2.93 bits per heavy atom. The predicted octanol–water partition coefficient (Wildman–Crippen LogP) is 1.95. The molecular weight excluding hydrogens is 174 g/mol. The van der Waals surface area contributed by atoms with Gasteiger partial charge in [-0.1, -0.05) is 18.2 Å². The summed E-state index contributed by atoms with van der Waals surface area (Å²) in [7, 11) is 0. The highest BCUT2D eigenvalue weighted by Gasteiger charge is 2.32. The van der Waals surface area contributed by atoms with E-state index in [1.165, 1.54) is 18.4 Å². The molecule has 0 saturated heterocycles. The number of hydrogen-bond donors (Lipinski definition) is 1. The molecule has 1 atom stereocenters. The monoisotopic (exact) mass is 189 g/mol. The van der Waals surface area contributed by atoms with E-state index >= 15 is 0 Å². The molecule has 1 aliphatic heterocycles. The largest absolute Gasteiger partial charge is 0.492 e. The standard InChI is InChI=1S/C12H15NO/c1-2-4-12-10(3-1)7-13-11(8-14-12)9-5-6-9/h1-4,9,11,13H,5-8H2. The molecule has 1 aliphatic carbocycles. The summed E-state index contributed by atoms with van der Waals surface area (Å²) in [5.74, 6) is 1.92. The van der Waals surface area contributed by atoms with Crippen molar-refractivity contribution >= 4 is 0 Å². The fraction of sp³-hybridized carbons (Fsp3) is 0.500. The Labute approximate surface area is 84.3 Å². The van der Waals surface area contributed by atoms with Crippen molar-refractivity contribution in [2.45, 2.75) is 25.4 Å². The van der Waals surface area contributed by atoms with Gasteiger partial charge in [-0.25, -0.2) is 0 Å². The minimum absolute atomic E-state index is 0.572. The van der Waals surface area contributed by atoms with Crippen molar-refractivity contribution in [2.75, 3.05) is 6.61 Å². The summed E-state index contributed by atoms with van der Waals surface area (Å²) in [6.07, 6.45) is 2.74. The van der Waals surface area contributed by atoms with Crippen LogP contribution in [0.3, 0.4) is 0 Å². The van der Waals surface area contributed by atoms with E-state index in [9.17, 15) is 0 Å². The third kappa shape index (κ3) is 1.50. The molecule has 0 aromatic heterocycles. The fourth-order valence-electron chi connectivity index (χ4n) is 2.07. The first-order chi connectivity index (χ1) is 6.93. The molecule has 1 aromatic rings. The maximum absolute atomic E-state index is 5.80. The third-order valence-corrected chi connectivity index (χ3v) is 3.14. The number of nitrogens with one attached hydrogen (secondary N) is 1. The zero-order valence-corrected chi connectivity index (χ0v) is 8.20. The molecule has 0 bridgehead atoms. The van der Waals surface area contributed by atoms with Crippen molar-refractivity contribution in [1.29, 1.82) is 0 Å². The van der Waals surface area contributed by atoms with E-state index in [1.54, 1.807) is 0 Å². The van der Waals surface area contributed by atoms with Gasteiger partial charge in [0.25, 0.3) is 0 Å². The van der Waals surface area contributed by atoms with Gasteiger partial charge in [-0.05, 0) is 24.8 Å². The molecule has 1 unspecified atom stereocenters. The summed E-state index contributed by atoms with van der Waals surface area (Å²) in [5.41, 5.74) is 1.29. The molecule has 1 heterocycles. The highest BCUT2D eigenvalue weighted by Crippen LogP contribution is 2.34. The zero-order chi connectivity index (χ0) is 9.38. The number of para-hydroxylation sites is 1. The highest BCUT2D eigenvalue weighted by atomic mass is 16.5. The van der Waals surface area contributed by atoms with E-state index in [0.717, 1.165) is 24.8 Å². The van der Waals surface area contributed by atoms with Crippen molar-refractivity contribution in [1.82, 2.24) is 5.32 Å². The van der Waals surface area contributed by atoms with Crippen molar-refractivity contribution in [3.05, 3.63) is 29.8 Å². The van der Waals surface area contributed by atoms with Crippen LogP contribution in [0.1, 0.15) is 18.4 Å². The Balaban J connectivity index is 1.79. The van der Waals surface area contributed by atoms with Crippen LogP contribution in [0.2, 0.25) is 0 Å². The number of fused-ring (bicyclic) bond motifs is 1. The highest BCUT2D eigenvalue weighted by molar-refractivity contribution is 5.34. The van der Waals surface area contributed by atoms with Crippen molar-refractivity contribution < 1.29 is 4.74 Å². The molecule has 2 aliphatic rings. The van der Waals surface area contributed by atoms with E-state index in [0.29, 0.717) is 6.04 Å². The minimum Gasteiger partial charge on any atom is -0.492 e. The molecule has 1 N–H and O–H groups in total. The van der Waals surface area contributed by atoms with Crippen molar-refractivity contribution in [3.8, 4) is 5.75 Å². The van der Waals surface area contributed by atoms with Crippen LogP contribution in [0.4, 0.5) is 0 Å². The quantitative estimate of drug-likeness (QED) is 0.729. The van der Waals surface area contributed by atoms with E-state index < -0.39 is 0 Å². The van der Waals surface area contributed by atoms with Gasteiger partial charge in [0.2, 0.25) is 0 Å². The molecule has 3 rings (SSSR count). The van der Waals surface area contributed by atoms with Crippen LogP contribution in [-0.4, -0.2) is 12.6 Å². The Hall–Kier alpha value is -1.02. The fourth-order valence-corrected chi connectivity index (χ4v) is 2.07. The molecule has 2 heteroatoms. The normalized spacial score (nSPS) is 26.1. The van der Waals surface area contributed by atoms with Crippen LogP contribution in [0.15, 0.2) is 24.3 Å². The lowest BCUT2D eigenvalue weighted by Crippen LogP contribution is -2.33. The average molecular weight is 189 g/mol. The van der Waals surface area contributed by atoms with Crippen LogP contribution < -0.4 is 10.1 Å². The Morgan fingerprint density at radius 2 is 2.07 bits per heavy atom. The number of benzene rings is 1. The van der Waals surface area contributed by atoms with Gasteiger partial charge in [-0.3, -0.25) is 0 Å². The third-order valence-electron chi connectivity index (χ3n) is 3.14. The van der Waals surface area contributed by atoms with Gasteiger partial charge in [0.1, 0.15) is 12.4 Å². The molecule has 0 radical (unpaired) electrons. The van der Waals surface area contributed by atoms with Crippen LogP contribution in [0, 0.1) is 5.92 Å². The van der Waals surface area contributed by atoms with Gasteiger partial charge < -0.3 is 10.1 Å². The maximum atomic E-state index is 5.80. The van der Waals surface area contributed by atoms with Crippen LogP contribution >= 0.6 is 0 Å². The molecule has 1 fully saturated rings. The second-order valence-electron chi connectivity index (χ2n) is 4.24. The van der Waals surface area contributed by atoms with Gasteiger partial charge in [0, 0.05) is 18.2 Å². The Kier molecular flexibility index (Phi) is 1.95. The first kappa shape index (κ1) is 8.30. The topological polar surface area (TPSA) is 21.3 Å². The number of rotatable bonds is 1. The van der Waals surface area contributed by atoms with E-state index in [2.05, 4.69) is 23.5 Å². The Morgan fingerprint density at radius 1 is 1.21 bits per heavy atom. The van der Waals surface area contributed by atoms with Crippen LogP contribution in [0.5, 0.6) is 5.75 Å². The molecule has 2 nitrogen and oxygen atoms in total. The van der Waals surface area contributed by atoms with Gasteiger partial charge >= 0.3 is 0 Å². The van der Waals surface area contributed by atoms with E-state index in [-0.39, 0.29) is 0 Å². The first-order valence-electron chi connectivity index (χ1n) is 5.37. The molecule has 0 spiro atoms. The second-order valence-corrected chi connectivity index (χ2v) is 4.24. The minimum atomic E-state index is 0.572. The van der Waals surface area contributed by atoms with E-state index in [4.69, 9.17) is 4.74 Å². The van der Waals surface area contributed by atoms with Crippen molar-refractivity contribution in [3.63, 3.8) is 0 Å². The number of hydrogen-bond acceptors (Lipinski definition) is 2. The van der Waals surface area contributed by atoms with Gasteiger partial charge in [0.05, 0.1) is 0 Å². The van der Waals surface area contributed by atoms with Crippen LogP contribution in [-0.2, 0) is 6.54 Å². The molecule has 1 aromatic carbocycles. The molecule has 74 valence electrons. The Bertz CT molecular complexity index is 306. The number of ether oxygens (including phenoxy) is 1. The van der Waals surface area contributed by atoms with E-state index in [1.807, 2.05) is 6.07 Å². The second kappa shape index (κ2) is 3.28. The summed E-state index contributed by atoms with van der Waals surface area (Å²) in [6.45, 7) is 1.79. The molecule has 14 heavy (non-hydrogen) atoms. The smallest absolute Gasteiger partial charge is 0.123 e. The summed E-state index contributed by atoms with van der Waals surface area (Å²) < 4.78 is 5.80. The summed E-state index contributed by atoms with van der Waals surface area (Å²) in [5, 5.41) is 3.57. The SMILES string of the molecule is c1ccc2c(c1)CNC(C1CC1)CO2. The van der Waals surface area contributed by atoms with Gasteiger partial charge in [0.15, 0.2) is 0 Å². The van der Waals surface area contributed by atoms with Crippen molar-refractivity contribution in [2.24, 2.45) is 5.92 Å². The van der Waals surface area contributed by atoms with Crippen LogP contribution in [0.25, 0.3) is 0 Å². The lowest BCUT2D eigenvalue weighted by Gasteiger charge is -2.13. The lowest BCUT2D eigenvalue weighted by atomic mass is 10.2. The maximum Gasteiger partial charge on any atom is 0.123 e. The zero-order valence-electron chi connectivity index (χ0n) is 8.20. The predicted molar refractivity (Wildman–Crippen MR) is 55.3 cm³/mol. The van der Waals surface area contributed by atoms with Gasteiger partial charge in [-0.15, -0.1) is 0 Å². The molecule has 0 amide bonds. The molecular formula is C12H15NO. The summed E-state index contributed by atoms with van der Waals surface area (Å²) in [4.78, 5) is 0. The molecule has 1 saturated carbocycles. The average Bonchev–Trinajstić information content (AvgIpc) is 3.03. The summed E-state index contributed by atoms with van der Waals surface area (Å²) >= 11 is 0.